The summed E-state index contributed by atoms with van der Waals surface area (Å²) >= 11 is 1.56. The zero-order valence-corrected chi connectivity index (χ0v) is 16.0. The van der Waals surface area contributed by atoms with Gasteiger partial charge < -0.3 is 10.2 Å². The molecule has 5 heteroatoms. The summed E-state index contributed by atoms with van der Waals surface area (Å²) < 4.78 is 0. The molecule has 0 aliphatic rings. The van der Waals surface area contributed by atoms with Gasteiger partial charge in [0.2, 0.25) is 0 Å². The maximum Gasteiger partial charge on any atom is 0.316 e. The number of hydrogen-bond acceptors (Lipinski definition) is 3. The Hall–Kier alpha value is -0.710. The first-order chi connectivity index (χ1) is 11.0. The summed E-state index contributed by atoms with van der Waals surface area (Å²) in [7, 11) is 0. The molecular weight excluding hydrogens is 312 g/mol. The first-order valence-corrected chi connectivity index (χ1v) is 10.1. The number of rotatable bonds is 14. The summed E-state index contributed by atoms with van der Waals surface area (Å²) in [6.45, 7) is 5.62. The zero-order chi connectivity index (χ0) is 17.9. The average molecular weight is 349 g/mol. The fourth-order valence-corrected chi connectivity index (χ4v) is 2.79. The Morgan fingerprint density at radius 2 is 1.22 bits per heavy atom. The molecule has 0 saturated heterocycles. The first kappa shape index (κ1) is 24.5. The highest BCUT2D eigenvalue weighted by molar-refractivity contribution is 8.00. The van der Waals surface area contributed by atoms with Crippen molar-refractivity contribution < 1.29 is 19.8 Å². The van der Waals surface area contributed by atoms with Gasteiger partial charge >= 0.3 is 11.9 Å². The Morgan fingerprint density at radius 1 is 0.826 bits per heavy atom. The molecule has 23 heavy (non-hydrogen) atoms. The lowest BCUT2D eigenvalue weighted by Crippen LogP contribution is -2.11. The number of hydrogen-bond donors (Lipinski definition) is 2. The maximum absolute atomic E-state index is 10.6. The molecule has 0 rings (SSSR count). The number of carbonyl (C=O) groups is 2. The minimum Gasteiger partial charge on any atom is -0.481 e. The van der Waals surface area contributed by atoms with Gasteiger partial charge in [-0.1, -0.05) is 71.6 Å². The molecule has 0 saturated carbocycles. The Balaban J connectivity index is 0. The van der Waals surface area contributed by atoms with E-state index in [0.29, 0.717) is 0 Å². The van der Waals surface area contributed by atoms with Gasteiger partial charge in [0.15, 0.2) is 0 Å². The molecule has 1 atom stereocenters. The molecule has 0 aromatic heterocycles. The molecule has 0 aliphatic heterocycles. The van der Waals surface area contributed by atoms with Crippen LogP contribution in [0.3, 0.4) is 0 Å². The number of carboxylic acids is 2. The third-order valence-electron chi connectivity index (χ3n) is 3.52. The van der Waals surface area contributed by atoms with Crippen LogP contribution in [0.5, 0.6) is 0 Å². The lowest BCUT2D eigenvalue weighted by atomic mass is 10.1. The van der Waals surface area contributed by atoms with E-state index in [4.69, 9.17) is 10.2 Å². The molecule has 0 amide bonds. The van der Waals surface area contributed by atoms with E-state index in [1.807, 2.05) is 0 Å². The Kier molecular flexibility index (Phi) is 20.6. The summed E-state index contributed by atoms with van der Waals surface area (Å²) in [5.41, 5.74) is 0. The van der Waals surface area contributed by atoms with Gasteiger partial charge in [-0.25, -0.2) is 0 Å². The molecule has 0 fully saturated rings. The Labute approximate surface area is 146 Å². The summed E-state index contributed by atoms with van der Waals surface area (Å²) in [4.78, 5) is 20.0. The van der Waals surface area contributed by atoms with Crippen LogP contribution in [-0.2, 0) is 9.59 Å². The SMILES string of the molecule is CCC(=O)O.CCCCCCCCCCCCSC(C)C(=O)O. The summed E-state index contributed by atoms with van der Waals surface area (Å²) in [5, 5.41) is 16.2. The van der Waals surface area contributed by atoms with Gasteiger partial charge in [0.25, 0.3) is 0 Å². The van der Waals surface area contributed by atoms with Crippen molar-refractivity contribution in [1.82, 2.24) is 0 Å². The highest BCUT2D eigenvalue weighted by atomic mass is 32.2. The lowest BCUT2D eigenvalue weighted by Gasteiger charge is -2.05. The summed E-state index contributed by atoms with van der Waals surface area (Å²) in [5.74, 6) is -0.443. The van der Waals surface area contributed by atoms with Crippen LogP contribution in [-0.4, -0.2) is 33.2 Å². The van der Waals surface area contributed by atoms with Gasteiger partial charge in [-0.15, -0.1) is 11.8 Å². The zero-order valence-electron chi connectivity index (χ0n) is 15.2. The number of carboxylic acid groups (broad SMARTS) is 2. The van der Waals surface area contributed by atoms with Gasteiger partial charge in [-0.3, -0.25) is 9.59 Å². The van der Waals surface area contributed by atoms with E-state index in [1.165, 1.54) is 57.8 Å². The van der Waals surface area contributed by atoms with Crippen LogP contribution in [0.25, 0.3) is 0 Å². The van der Waals surface area contributed by atoms with E-state index in [-0.39, 0.29) is 11.7 Å². The molecule has 0 heterocycles. The van der Waals surface area contributed by atoms with Crippen molar-refractivity contribution in [2.45, 2.75) is 96.7 Å². The van der Waals surface area contributed by atoms with Crippen molar-refractivity contribution in [2.75, 3.05) is 5.75 Å². The molecule has 0 aromatic rings. The third-order valence-corrected chi connectivity index (χ3v) is 4.74. The van der Waals surface area contributed by atoms with E-state index in [9.17, 15) is 9.59 Å². The molecule has 0 spiro atoms. The molecule has 0 radical (unpaired) electrons. The van der Waals surface area contributed by atoms with Crippen molar-refractivity contribution in [3.8, 4) is 0 Å². The van der Waals surface area contributed by atoms with E-state index in [2.05, 4.69) is 6.92 Å². The minimum atomic E-state index is -0.745. The van der Waals surface area contributed by atoms with Crippen LogP contribution in [0.1, 0.15) is 91.4 Å². The van der Waals surface area contributed by atoms with Crippen molar-refractivity contribution >= 4 is 23.7 Å². The summed E-state index contributed by atoms with van der Waals surface area (Å²) in [6, 6.07) is 0. The predicted octanol–water partition coefficient (Wildman–Crippen LogP) is 5.59. The monoisotopic (exact) mass is 348 g/mol. The van der Waals surface area contributed by atoms with Crippen molar-refractivity contribution in [3.63, 3.8) is 0 Å². The highest BCUT2D eigenvalue weighted by Gasteiger charge is 2.09. The molecule has 4 nitrogen and oxygen atoms in total. The lowest BCUT2D eigenvalue weighted by molar-refractivity contribution is -0.137. The molecule has 2 N–H and O–H groups in total. The van der Waals surface area contributed by atoms with E-state index in [0.717, 1.165) is 12.2 Å². The second-order valence-electron chi connectivity index (χ2n) is 5.78. The predicted molar refractivity (Wildman–Crippen MR) is 99.3 cm³/mol. The topological polar surface area (TPSA) is 74.6 Å². The van der Waals surface area contributed by atoms with Gasteiger partial charge in [-0.05, 0) is 19.1 Å². The van der Waals surface area contributed by atoms with Crippen molar-refractivity contribution in [2.24, 2.45) is 0 Å². The van der Waals surface area contributed by atoms with Gasteiger partial charge in [0.05, 0.1) is 5.25 Å². The summed E-state index contributed by atoms with van der Waals surface area (Å²) in [6.07, 6.45) is 13.6. The number of unbranched alkanes of at least 4 members (excludes halogenated alkanes) is 9. The highest BCUT2D eigenvalue weighted by Crippen LogP contribution is 2.15. The Bertz CT molecular complexity index is 282. The van der Waals surface area contributed by atoms with Crippen LogP contribution >= 0.6 is 11.8 Å². The quantitative estimate of drug-likeness (QED) is 0.400. The number of thioether (sulfide) groups is 1. The van der Waals surface area contributed by atoms with E-state index in [1.54, 1.807) is 25.6 Å². The molecule has 138 valence electrons. The largest absolute Gasteiger partial charge is 0.481 e. The maximum atomic E-state index is 10.6. The molecule has 0 bridgehead atoms. The van der Waals surface area contributed by atoms with Crippen LogP contribution in [0.2, 0.25) is 0 Å². The van der Waals surface area contributed by atoms with E-state index < -0.39 is 11.9 Å². The van der Waals surface area contributed by atoms with Crippen LogP contribution in [0.4, 0.5) is 0 Å². The van der Waals surface area contributed by atoms with Gasteiger partial charge in [0, 0.05) is 6.42 Å². The molecule has 1 unspecified atom stereocenters. The van der Waals surface area contributed by atoms with Crippen molar-refractivity contribution in [3.05, 3.63) is 0 Å². The molecular formula is C18H36O4S. The van der Waals surface area contributed by atoms with Gasteiger partial charge in [-0.2, -0.15) is 0 Å². The normalized spacial score (nSPS) is 11.4. The molecule has 0 aromatic carbocycles. The molecule has 0 aliphatic carbocycles. The standard InChI is InChI=1S/C15H30O2S.C3H6O2/c1-3-4-5-6-7-8-9-10-11-12-13-18-14(2)15(16)17;1-2-3(4)5/h14H,3-13H2,1-2H3,(H,16,17);2H2,1H3,(H,4,5). The third kappa shape index (κ3) is 23.7. The van der Waals surface area contributed by atoms with Crippen LogP contribution in [0.15, 0.2) is 0 Å². The fourth-order valence-electron chi connectivity index (χ4n) is 1.92. The van der Waals surface area contributed by atoms with Crippen LogP contribution < -0.4 is 0 Å². The average Bonchev–Trinajstić information content (AvgIpc) is 2.52. The number of aliphatic carboxylic acids is 2. The van der Waals surface area contributed by atoms with E-state index >= 15 is 0 Å². The second-order valence-corrected chi connectivity index (χ2v) is 7.23. The smallest absolute Gasteiger partial charge is 0.316 e. The van der Waals surface area contributed by atoms with Crippen molar-refractivity contribution in [1.29, 1.82) is 0 Å². The first-order valence-electron chi connectivity index (χ1n) is 9.01. The fraction of sp³-hybridized carbons (Fsp3) is 0.889. The Morgan fingerprint density at radius 3 is 1.57 bits per heavy atom. The van der Waals surface area contributed by atoms with Crippen LogP contribution in [0, 0.1) is 0 Å². The minimum absolute atomic E-state index is 0.222. The second kappa shape index (κ2) is 19.3. The van der Waals surface area contributed by atoms with Gasteiger partial charge in [0.1, 0.15) is 0 Å².